The molecule has 2 atom stereocenters. The van der Waals surface area contributed by atoms with Crippen LogP contribution in [0.2, 0.25) is 0 Å². The van der Waals surface area contributed by atoms with E-state index in [9.17, 15) is 14.4 Å². The van der Waals surface area contributed by atoms with Gasteiger partial charge in [-0.3, -0.25) is 9.59 Å². The van der Waals surface area contributed by atoms with E-state index in [1.807, 2.05) is 19.1 Å². The van der Waals surface area contributed by atoms with Gasteiger partial charge in [-0.05, 0) is 57.2 Å². The second-order valence-electron chi connectivity index (χ2n) is 6.08. The first-order valence-corrected chi connectivity index (χ1v) is 8.41. The number of aryl methyl sites for hydroxylation is 1. The standard InChI is InChI=1S/C20H22N2O5/c1-12-4-10-17(11-5-12)26-14(3)20(25)27-13(2)19(24)22-16-8-6-15(7-9-16)18(21)23/h4-11,13-14H,1-3H3,(H2,21,23)(H,22,24). The molecular weight excluding hydrogens is 348 g/mol. The number of benzene rings is 2. The molecule has 2 aromatic carbocycles. The fourth-order valence-corrected chi connectivity index (χ4v) is 2.15. The molecule has 0 heterocycles. The number of amides is 2. The van der Waals surface area contributed by atoms with E-state index in [2.05, 4.69) is 5.32 Å². The number of primary amides is 1. The van der Waals surface area contributed by atoms with E-state index in [1.165, 1.54) is 31.2 Å². The van der Waals surface area contributed by atoms with Crippen LogP contribution in [0.4, 0.5) is 5.69 Å². The summed E-state index contributed by atoms with van der Waals surface area (Å²) in [5.74, 6) is -1.17. The SMILES string of the molecule is Cc1ccc(OC(C)C(=O)OC(C)C(=O)Nc2ccc(C(N)=O)cc2)cc1. The van der Waals surface area contributed by atoms with Gasteiger partial charge < -0.3 is 20.5 Å². The summed E-state index contributed by atoms with van der Waals surface area (Å²) in [5.41, 5.74) is 7.02. The number of nitrogens with two attached hydrogens (primary N) is 1. The van der Waals surface area contributed by atoms with Crippen molar-refractivity contribution >= 4 is 23.5 Å². The molecule has 7 nitrogen and oxygen atoms in total. The second kappa shape index (κ2) is 8.84. The number of anilines is 1. The highest BCUT2D eigenvalue weighted by molar-refractivity contribution is 5.96. The van der Waals surface area contributed by atoms with E-state index in [4.69, 9.17) is 15.2 Å². The Morgan fingerprint density at radius 2 is 1.52 bits per heavy atom. The minimum Gasteiger partial charge on any atom is -0.479 e. The van der Waals surface area contributed by atoms with Crippen LogP contribution in [-0.2, 0) is 14.3 Å². The molecular formula is C20H22N2O5. The Morgan fingerprint density at radius 3 is 2.07 bits per heavy atom. The van der Waals surface area contributed by atoms with Crippen LogP contribution in [-0.4, -0.2) is 30.0 Å². The number of hydrogen-bond donors (Lipinski definition) is 2. The third kappa shape index (κ3) is 5.85. The first-order valence-electron chi connectivity index (χ1n) is 8.41. The molecule has 0 saturated carbocycles. The topological polar surface area (TPSA) is 108 Å². The van der Waals surface area contributed by atoms with Crippen molar-refractivity contribution in [2.45, 2.75) is 33.0 Å². The summed E-state index contributed by atoms with van der Waals surface area (Å²) < 4.78 is 10.7. The van der Waals surface area contributed by atoms with Gasteiger partial charge in [0.2, 0.25) is 5.91 Å². The maximum atomic E-state index is 12.2. The fraction of sp³-hybridized carbons (Fsp3) is 0.250. The summed E-state index contributed by atoms with van der Waals surface area (Å²) in [6.45, 7) is 4.96. The molecule has 2 unspecified atom stereocenters. The average Bonchev–Trinajstić information content (AvgIpc) is 2.63. The van der Waals surface area contributed by atoms with Gasteiger partial charge in [0.15, 0.2) is 12.2 Å². The van der Waals surface area contributed by atoms with Crippen LogP contribution in [0.1, 0.15) is 29.8 Å². The Hall–Kier alpha value is -3.35. The molecule has 27 heavy (non-hydrogen) atoms. The lowest BCUT2D eigenvalue weighted by atomic mass is 10.2. The van der Waals surface area contributed by atoms with E-state index in [-0.39, 0.29) is 0 Å². The first kappa shape index (κ1) is 20.0. The van der Waals surface area contributed by atoms with E-state index >= 15 is 0 Å². The van der Waals surface area contributed by atoms with Crippen LogP contribution < -0.4 is 15.8 Å². The van der Waals surface area contributed by atoms with Gasteiger partial charge in [-0.15, -0.1) is 0 Å². The second-order valence-corrected chi connectivity index (χ2v) is 6.08. The minimum absolute atomic E-state index is 0.328. The number of esters is 1. The first-order chi connectivity index (χ1) is 12.8. The molecule has 0 bridgehead atoms. The molecule has 0 aromatic heterocycles. The predicted octanol–water partition coefficient (Wildman–Crippen LogP) is 2.43. The largest absolute Gasteiger partial charge is 0.479 e. The van der Waals surface area contributed by atoms with Crippen LogP contribution in [0.25, 0.3) is 0 Å². The molecule has 3 N–H and O–H groups in total. The molecule has 7 heteroatoms. The summed E-state index contributed by atoms with van der Waals surface area (Å²) in [6, 6.07) is 13.3. The van der Waals surface area contributed by atoms with Crippen molar-refractivity contribution in [1.82, 2.24) is 0 Å². The van der Waals surface area contributed by atoms with Crippen molar-refractivity contribution in [2.75, 3.05) is 5.32 Å². The minimum atomic E-state index is -1.02. The van der Waals surface area contributed by atoms with Gasteiger partial charge in [0, 0.05) is 11.3 Å². The lowest BCUT2D eigenvalue weighted by Gasteiger charge is -2.18. The highest BCUT2D eigenvalue weighted by atomic mass is 16.6. The highest BCUT2D eigenvalue weighted by Crippen LogP contribution is 2.15. The van der Waals surface area contributed by atoms with Gasteiger partial charge in [0.25, 0.3) is 5.91 Å². The predicted molar refractivity (Wildman–Crippen MR) is 100 cm³/mol. The van der Waals surface area contributed by atoms with Crippen molar-refractivity contribution < 1.29 is 23.9 Å². The van der Waals surface area contributed by atoms with Crippen molar-refractivity contribution in [3.8, 4) is 5.75 Å². The molecule has 2 rings (SSSR count). The molecule has 0 radical (unpaired) electrons. The Morgan fingerprint density at radius 1 is 0.926 bits per heavy atom. The van der Waals surface area contributed by atoms with Crippen molar-refractivity contribution in [2.24, 2.45) is 5.73 Å². The van der Waals surface area contributed by atoms with Crippen molar-refractivity contribution in [1.29, 1.82) is 0 Å². The molecule has 0 aliphatic heterocycles. The number of carbonyl (C=O) groups excluding carboxylic acids is 3. The maximum Gasteiger partial charge on any atom is 0.347 e. The molecule has 0 spiro atoms. The fourth-order valence-electron chi connectivity index (χ4n) is 2.15. The number of ether oxygens (including phenoxy) is 2. The Labute approximate surface area is 157 Å². The van der Waals surface area contributed by atoms with Gasteiger partial charge in [0.05, 0.1) is 0 Å². The third-order valence-electron chi connectivity index (χ3n) is 3.76. The average molecular weight is 370 g/mol. The summed E-state index contributed by atoms with van der Waals surface area (Å²) in [5, 5.41) is 2.60. The smallest absolute Gasteiger partial charge is 0.347 e. The highest BCUT2D eigenvalue weighted by Gasteiger charge is 2.23. The van der Waals surface area contributed by atoms with Gasteiger partial charge in [-0.1, -0.05) is 17.7 Å². The number of rotatable bonds is 7. The van der Waals surface area contributed by atoms with Crippen molar-refractivity contribution in [3.63, 3.8) is 0 Å². The summed E-state index contributed by atoms with van der Waals surface area (Å²) in [4.78, 5) is 35.3. The zero-order valence-corrected chi connectivity index (χ0v) is 15.4. The van der Waals surface area contributed by atoms with Gasteiger partial charge in [-0.2, -0.15) is 0 Å². The number of carbonyl (C=O) groups is 3. The van der Waals surface area contributed by atoms with E-state index in [0.717, 1.165) is 5.56 Å². The number of hydrogen-bond acceptors (Lipinski definition) is 5. The number of nitrogens with one attached hydrogen (secondary N) is 1. The molecule has 2 aromatic rings. The molecule has 142 valence electrons. The monoisotopic (exact) mass is 370 g/mol. The Bertz CT molecular complexity index is 815. The zero-order valence-electron chi connectivity index (χ0n) is 15.4. The molecule has 0 aliphatic carbocycles. The lowest BCUT2D eigenvalue weighted by Crippen LogP contribution is -2.35. The third-order valence-corrected chi connectivity index (χ3v) is 3.76. The lowest BCUT2D eigenvalue weighted by molar-refractivity contribution is -0.159. The van der Waals surface area contributed by atoms with Gasteiger partial charge >= 0.3 is 5.97 Å². The maximum absolute atomic E-state index is 12.2. The Kier molecular flexibility index (Phi) is 6.54. The van der Waals surface area contributed by atoms with E-state index in [1.54, 1.807) is 19.1 Å². The van der Waals surface area contributed by atoms with Gasteiger partial charge in [-0.25, -0.2) is 4.79 Å². The molecule has 0 saturated heterocycles. The van der Waals surface area contributed by atoms with E-state index in [0.29, 0.717) is 17.0 Å². The quantitative estimate of drug-likeness (QED) is 0.728. The van der Waals surface area contributed by atoms with Crippen molar-refractivity contribution in [3.05, 3.63) is 59.7 Å². The zero-order chi connectivity index (χ0) is 20.0. The molecule has 0 fully saturated rings. The van der Waals surface area contributed by atoms with Crippen LogP contribution in [0.5, 0.6) is 5.75 Å². The summed E-state index contributed by atoms with van der Waals surface area (Å²) in [6.07, 6.45) is -1.88. The molecule has 2 amide bonds. The molecule has 0 aliphatic rings. The summed E-state index contributed by atoms with van der Waals surface area (Å²) >= 11 is 0. The van der Waals surface area contributed by atoms with Crippen LogP contribution in [0.15, 0.2) is 48.5 Å². The van der Waals surface area contributed by atoms with Crippen LogP contribution in [0.3, 0.4) is 0 Å². The van der Waals surface area contributed by atoms with Crippen LogP contribution in [0, 0.1) is 6.92 Å². The summed E-state index contributed by atoms with van der Waals surface area (Å²) in [7, 11) is 0. The van der Waals surface area contributed by atoms with Crippen LogP contribution >= 0.6 is 0 Å². The van der Waals surface area contributed by atoms with E-state index < -0.39 is 30.0 Å². The Balaban J connectivity index is 1.87. The van der Waals surface area contributed by atoms with Gasteiger partial charge in [0.1, 0.15) is 5.75 Å². The normalized spacial score (nSPS) is 12.6.